The van der Waals surface area contributed by atoms with Crippen LogP contribution in [0.2, 0.25) is 0 Å². The summed E-state index contributed by atoms with van der Waals surface area (Å²) in [7, 11) is 0. The zero-order chi connectivity index (χ0) is 22.4. The third-order valence-electron chi connectivity index (χ3n) is 4.44. The summed E-state index contributed by atoms with van der Waals surface area (Å²) in [5, 5.41) is 2.76. The Balaban J connectivity index is 2.11. The zero-order valence-electron chi connectivity index (χ0n) is 17.3. The molecule has 0 saturated heterocycles. The Bertz CT molecular complexity index is 916. The van der Waals surface area contributed by atoms with Crippen LogP contribution in [0, 0.1) is 18.7 Å². The lowest BCUT2D eigenvalue weighted by Gasteiger charge is -2.16. The minimum atomic E-state index is -2.70. The highest BCUT2D eigenvalue weighted by Crippen LogP contribution is 2.23. The van der Waals surface area contributed by atoms with E-state index in [0.717, 1.165) is 6.07 Å². The van der Waals surface area contributed by atoms with Gasteiger partial charge >= 0.3 is 0 Å². The maximum Gasteiger partial charge on any atom is 0.272 e. The second kappa shape index (κ2) is 10.2. The van der Waals surface area contributed by atoms with Gasteiger partial charge in [-0.15, -0.1) is 0 Å². The molecule has 1 unspecified atom stereocenters. The van der Waals surface area contributed by atoms with Crippen molar-refractivity contribution in [3.63, 3.8) is 0 Å². The molecule has 2 aromatic rings. The summed E-state index contributed by atoms with van der Waals surface area (Å²) in [6.07, 6.45) is -2.56. The maximum absolute atomic E-state index is 14.1. The van der Waals surface area contributed by atoms with E-state index in [2.05, 4.69) is 10.3 Å². The number of aryl methyl sites for hydroxylation is 1. The van der Waals surface area contributed by atoms with Gasteiger partial charge in [-0.3, -0.25) is 14.6 Å². The summed E-state index contributed by atoms with van der Waals surface area (Å²) >= 11 is 0. The van der Waals surface area contributed by atoms with E-state index >= 15 is 0 Å². The van der Waals surface area contributed by atoms with E-state index in [0.29, 0.717) is 22.5 Å². The number of ether oxygens (including phenoxy) is 1. The number of carbonyl (C=O) groups is 2. The molecule has 0 bridgehead atoms. The fourth-order valence-electron chi connectivity index (χ4n) is 2.76. The molecule has 1 aromatic carbocycles. The Hall–Kier alpha value is -2.90. The van der Waals surface area contributed by atoms with Crippen LogP contribution in [0.4, 0.5) is 13.2 Å². The number of ketones is 1. The van der Waals surface area contributed by atoms with Crippen molar-refractivity contribution in [2.75, 3.05) is 6.61 Å². The molecule has 0 aliphatic heterocycles. The fourth-order valence-corrected chi connectivity index (χ4v) is 2.76. The maximum atomic E-state index is 14.1. The molecule has 0 fully saturated rings. The second-order valence-corrected chi connectivity index (χ2v) is 7.37. The van der Waals surface area contributed by atoms with Crippen molar-refractivity contribution in [2.45, 2.75) is 46.6 Å². The molecular weight excluding hydrogens is 397 g/mol. The molecule has 5 nitrogen and oxygen atoms in total. The van der Waals surface area contributed by atoms with Crippen LogP contribution < -0.4 is 10.1 Å². The first-order chi connectivity index (χ1) is 14.1. The second-order valence-electron chi connectivity index (χ2n) is 7.37. The van der Waals surface area contributed by atoms with Crippen LogP contribution in [0.25, 0.3) is 0 Å². The standard InChI is InChI=1S/C22H25F3N2O3/c1-12(2)19(28)10-17-8-16(7-13(3)26-17)22(29)27-14(4)15-5-6-20(18(23)9-15)30-11-21(24)25/h5-9,12,14,21H,10-11H2,1-4H3,(H,27,29). The quantitative estimate of drug-likeness (QED) is 0.649. The third kappa shape index (κ3) is 6.57. The van der Waals surface area contributed by atoms with Crippen LogP contribution >= 0.6 is 0 Å². The number of carbonyl (C=O) groups excluding carboxylic acids is 2. The first-order valence-corrected chi connectivity index (χ1v) is 9.58. The third-order valence-corrected chi connectivity index (χ3v) is 4.44. The lowest BCUT2D eigenvalue weighted by atomic mass is 10.0. The number of Topliss-reactive ketones (excluding diaryl/α,β-unsaturated/α-hetero) is 1. The van der Waals surface area contributed by atoms with Gasteiger partial charge < -0.3 is 10.1 Å². The first-order valence-electron chi connectivity index (χ1n) is 9.58. The molecule has 162 valence electrons. The molecule has 1 amide bonds. The van der Waals surface area contributed by atoms with Crippen LogP contribution in [0.5, 0.6) is 5.75 Å². The highest BCUT2D eigenvalue weighted by Gasteiger charge is 2.17. The number of alkyl halides is 2. The van der Waals surface area contributed by atoms with E-state index in [1.165, 1.54) is 12.1 Å². The summed E-state index contributed by atoms with van der Waals surface area (Å²) in [6, 6.07) is 6.51. The molecule has 0 radical (unpaired) electrons. The van der Waals surface area contributed by atoms with Crippen molar-refractivity contribution in [1.29, 1.82) is 0 Å². The summed E-state index contributed by atoms with van der Waals surface area (Å²) in [4.78, 5) is 28.9. The minimum Gasteiger partial charge on any atom is -0.485 e. The summed E-state index contributed by atoms with van der Waals surface area (Å²) in [6.45, 7) is 6.11. The Morgan fingerprint density at radius 1 is 1.13 bits per heavy atom. The van der Waals surface area contributed by atoms with Crippen molar-refractivity contribution in [2.24, 2.45) is 5.92 Å². The van der Waals surface area contributed by atoms with E-state index in [4.69, 9.17) is 4.74 Å². The molecule has 0 aliphatic carbocycles. The molecule has 0 spiro atoms. The van der Waals surface area contributed by atoms with Gasteiger partial charge in [0.05, 0.1) is 6.04 Å². The average Bonchev–Trinajstić information content (AvgIpc) is 2.66. The van der Waals surface area contributed by atoms with Crippen molar-refractivity contribution < 1.29 is 27.5 Å². The molecule has 1 aromatic heterocycles. The lowest BCUT2D eigenvalue weighted by molar-refractivity contribution is -0.121. The molecule has 0 saturated carbocycles. The number of nitrogens with one attached hydrogen (secondary N) is 1. The fraction of sp³-hybridized carbons (Fsp3) is 0.409. The van der Waals surface area contributed by atoms with E-state index < -0.39 is 30.8 Å². The van der Waals surface area contributed by atoms with Gasteiger partial charge in [-0.25, -0.2) is 13.2 Å². The van der Waals surface area contributed by atoms with Crippen LogP contribution in [-0.2, 0) is 11.2 Å². The normalized spacial score (nSPS) is 12.2. The minimum absolute atomic E-state index is 0.0254. The van der Waals surface area contributed by atoms with Crippen molar-refractivity contribution in [3.8, 4) is 5.75 Å². The number of hydrogen-bond donors (Lipinski definition) is 1. The number of nitrogens with zero attached hydrogens (tertiary/aromatic N) is 1. The van der Waals surface area contributed by atoms with Crippen LogP contribution in [0.3, 0.4) is 0 Å². The van der Waals surface area contributed by atoms with Gasteiger partial charge in [0.2, 0.25) is 0 Å². The van der Waals surface area contributed by atoms with Gasteiger partial charge in [0.25, 0.3) is 12.3 Å². The molecule has 1 N–H and O–H groups in total. The Morgan fingerprint density at radius 2 is 1.83 bits per heavy atom. The lowest BCUT2D eigenvalue weighted by Crippen LogP contribution is -2.27. The Kier molecular flexibility index (Phi) is 7.97. The summed E-state index contributed by atoms with van der Waals surface area (Å²) in [5.74, 6) is -1.57. The predicted octanol–water partition coefficient (Wildman–Crippen LogP) is 4.43. The number of amides is 1. The van der Waals surface area contributed by atoms with Gasteiger partial charge in [-0.1, -0.05) is 19.9 Å². The Morgan fingerprint density at radius 3 is 2.43 bits per heavy atom. The first kappa shape index (κ1) is 23.4. The molecule has 2 rings (SSSR count). The van der Waals surface area contributed by atoms with E-state index in [-0.39, 0.29) is 23.9 Å². The van der Waals surface area contributed by atoms with Crippen LogP contribution in [0.1, 0.15) is 54.1 Å². The molecule has 1 atom stereocenters. The predicted molar refractivity (Wildman–Crippen MR) is 106 cm³/mol. The van der Waals surface area contributed by atoms with E-state index in [9.17, 15) is 22.8 Å². The van der Waals surface area contributed by atoms with Crippen LogP contribution in [0.15, 0.2) is 30.3 Å². The van der Waals surface area contributed by atoms with Gasteiger partial charge in [-0.2, -0.15) is 0 Å². The SMILES string of the molecule is Cc1cc(C(=O)NC(C)c2ccc(OCC(F)F)c(F)c2)cc(CC(=O)C(C)C)n1. The van der Waals surface area contributed by atoms with Gasteiger partial charge in [0.1, 0.15) is 12.4 Å². The highest BCUT2D eigenvalue weighted by atomic mass is 19.3. The van der Waals surface area contributed by atoms with Crippen molar-refractivity contribution in [3.05, 3.63) is 58.7 Å². The molecule has 0 aliphatic rings. The van der Waals surface area contributed by atoms with Crippen LogP contribution in [-0.4, -0.2) is 29.7 Å². The summed E-state index contributed by atoms with van der Waals surface area (Å²) < 4.78 is 43.2. The van der Waals surface area contributed by atoms with Gasteiger partial charge in [0, 0.05) is 29.3 Å². The Labute approximate surface area is 173 Å². The zero-order valence-corrected chi connectivity index (χ0v) is 17.3. The number of halogens is 3. The van der Waals surface area contributed by atoms with Gasteiger partial charge in [0.15, 0.2) is 11.6 Å². The number of pyridine rings is 1. The van der Waals surface area contributed by atoms with E-state index in [1.54, 1.807) is 39.8 Å². The van der Waals surface area contributed by atoms with Gasteiger partial charge in [-0.05, 0) is 43.7 Å². The van der Waals surface area contributed by atoms with Crippen molar-refractivity contribution >= 4 is 11.7 Å². The molecule has 30 heavy (non-hydrogen) atoms. The average molecular weight is 422 g/mol. The monoisotopic (exact) mass is 422 g/mol. The van der Waals surface area contributed by atoms with E-state index in [1.807, 2.05) is 0 Å². The number of benzene rings is 1. The topological polar surface area (TPSA) is 68.3 Å². The van der Waals surface area contributed by atoms with Crippen molar-refractivity contribution in [1.82, 2.24) is 10.3 Å². The number of aromatic nitrogens is 1. The highest BCUT2D eigenvalue weighted by molar-refractivity contribution is 5.95. The molecular formula is C22H25F3N2O3. The number of rotatable bonds is 9. The number of hydrogen-bond acceptors (Lipinski definition) is 4. The summed E-state index contributed by atoms with van der Waals surface area (Å²) in [5.41, 5.74) is 1.91. The molecule has 1 heterocycles. The molecule has 8 heteroatoms. The smallest absolute Gasteiger partial charge is 0.272 e. The largest absolute Gasteiger partial charge is 0.485 e.